The third-order valence-electron chi connectivity index (χ3n) is 1.62. The molecular weight excluding hydrogens is 166 g/mol. The molecule has 0 fully saturated rings. The quantitative estimate of drug-likeness (QED) is 0.626. The number of nitrogens with zero attached hydrogens (tertiary/aromatic N) is 1. The number of carbonyl (C=O) groups excluding carboxylic acids is 1. The molecule has 0 aromatic carbocycles. The zero-order valence-corrected chi connectivity index (χ0v) is 8.26. The molecule has 74 valence electrons. The first-order valence-electron chi connectivity index (χ1n) is 4.57. The number of amides is 1. The Morgan fingerprint density at radius 1 is 1.62 bits per heavy atom. The van der Waals surface area contributed by atoms with E-state index in [1.807, 2.05) is 13.8 Å². The summed E-state index contributed by atoms with van der Waals surface area (Å²) in [4.78, 5) is 11.0. The molecule has 0 aliphatic heterocycles. The van der Waals surface area contributed by atoms with Crippen molar-refractivity contribution in [1.82, 2.24) is 10.6 Å². The van der Waals surface area contributed by atoms with Crippen molar-refractivity contribution in [2.45, 2.75) is 32.7 Å². The molecule has 1 atom stereocenters. The number of hydrogen-bond acceptors (Lipinski definition) is 3. The minimum atomic E-state index is 0.0548. The Bertz CT molecular complexity index is 186. The highest BCUT2D eigenvalue weighted by Gasteiger charge is 2.01. The van der Waals surface area contributed by atoms with E-state index in [4.69, 9.17) is 5.26 Å². The molecule has 0 bridgehead atoms. The fourth-order valence-electron chi connectivity index (χ4n) is 0.927. The SMILES string of the molecule is CCNC(=O)CCNC(C)CC#N. The van der Waals surface area contributed by atoms with Gasteiger partial charge in [-0.3, -0.25) is 4.79 Å². The normalized spacial score (nSPS) is 11.8. The first-order chi connectivity index (χ1) is 6.20. The molecule has 0 aliphatic rings. The predicted octanol–water partition coefficient (Wildman–Crippen LogP) is 0.404. The number of carbonyl (C=O) groups is 1. The average molecular weight is 183 g/mol. The fourth-order valence-corrected chi connectivity index (χ4v) is 0.927. The standard InChI is InChI=1S/C9H17N3O/c1-3-11-9(13)5-7-12-8(2)4-6-10/h8,12H,3-5,7H2,1-2H3,(H,11,13). The van der Waals surface area contributed by atoms with Gasteiger partial charge in [0.1, 0.15) is 0 Å². The van der Waals surface area contributed by atoms with E-state index in [-0.39, 0.29) is 11.9 Å². The molecule has 0 saturated heterocycles. The highest BCUT2D eigenvalue weighted by molar-refractivity contribution is 5.75. The molecular formula is C9H17N3O. The van der Waals surface area contributed by atoms with E-state index < -0.39 is 0 Å². The van der Waals surface area contributed by atoms with Crippen LogP contribution in [0.3, 0.4) is 0 Å². The minimum absolute atomic E-state index is 0.0548. The van der Waals surface area contributed by atoms with Crippen LogP contribution in [0, 0.1) is 11.3 Å². The van der Waals surface area contributed by atoms with Crippen molar-refractivity contribution in [2.24, 2.45) is 0 Å². The van der Waals surface area contributed by atoms with E-state index in [0.717, 1.165) is 0 Å². The molecule has 0 spiro atoms. The van der Waals surface area contributed by atoms with Crippen molar-refractivity contribution in [3.8, 4) is 6.07 Å². The average Bonchev–Trinajstić information content (AvgIpc) is 2.05. The first-order valence-corrected chi connectivity index (χ1v) is 4.57. The molecule has 0 rings (SSSR count). The van der Waals surface area contributed by atoms with E-state index in [2.05, 4.69) is 16.7 Å². The van der Waals surface area contributed by atoms with Crippen LogP contribution in [0.15, 0.2) is 0 Å². The van der Waals surface area contributed by atoms with Crippen LogP contribution in [-0.4, -0.2) is 25.0 Å². The summed E-state index contributed by atoms with van der Waals surface area (Å²) in [5, 5.41) is 14.2. The third kappa shape index (κ3) is 7.29. The summed E-state index contributed by atoms with van der Waals surface area (Å²) in [5.41, 5.74) is 0. The smallest absolute Gasteiger partial charge is 0.221 e. The van der Waals surface area contributed by atoms with Gasteiger partial charge >= 0.3 is 0 Å². The minimum Gasteiger partial charge on any atom is -0.356 e. The van der Waals surface area contributed by atoms with Gasteiger partial charge in [-0.15, -0.1) is 0 Å². The second-order valence-corrected chi connectivity index (χ2v) is 2.92. The van der Waals surface area contributed by atoms with Gasteiger partial charge in [0.2, 0.25) is 5.91 Å². The second kappa shape index (κ2) is 7.56. The lowest BCUT2D eigenvalue weighted by molar-refractivity contribution is -0.120. The van der Waals surface area contributed by atoms with Crippen molar-refractivity contribution >= 4 is 5.91 Å². The number of nitriles is 1. The van der Waals surface area contributed by atoms with Crippen molar-refractivity contribution in [1.29, 1.82) is 5.26 Å². The monoisotopic (exact) mass is 183 g/mol. The van der Waals surface area contributed by atoms with Crippen LogP contribution < -0.4 is 10.6 Å². The Balaban J connectivity index is 3.34. The van der Waals surface area contributed by atoms with Crippen molar-refractivity contribution in [2.75, 3.05) is 13.1 Å². The van der Waals surface area contributed by atoms with Gasteiger partial charge in [-0.1, -0.05) is 0 Å². The van der Waals surface area contributed by atoms with E-state index in [0.29, 0.717) is 25.9 Å². The number of nitrogens with one attached hydrogen (secondary N) is 2. The van der Waals surface area contributed by atoms with Gasteiger partial charge in [-0.05, 0) is 13.8 Å². The maximum absolute atomic E-state index is 11.0. The predicted molar refractivity (Wildman–Crippen MR) is 51.0 cm³/mol. The topological polar surface area (TPSA) is 64.9 Å². The zero-order chi connectivity index (χ0) is 10.1. The van der Waals surface area contributed by atoms with Crippen molar-refractivity contribution < 1.29 is 4.79 Å². The maximum Gasteiger partial charge on any atom is 0.221 e. The fraction of sp³-hybridized carbons (Fsp3) is 0.778. The summed E-state index contributed by atoms with van der Waals surface area (Å²) in [5.74, 6) is 0.0548. The molecule has 13 heavy (non-hydrogen) atoms. The molecule has 0 aliphatic carbocycles. The maximum atomic E-state index is 11.0. The molecule has 0 radical (unpaired) electrons. The van der Waals surface area contributed by atoms with Gasteiger partial charge in [0, 0.05) is 25.6 Å². The van der Waals surface area contributed by atoms with E-state index >= 15 is 0 Å². The largest absolute Gasteiger partial charge is 0.356 e. The van der Waals surface area contributed by atoms with Gasteiger partial charge in [-0.2, -0.15) is 5.26 Å². The zero-order valence-electron chi connectivity index (χ0n) is 8.26. The highest BCUT2D eigenvalue weighted by Crippen LogP contribution is 1.87. The molecule has 1 amide bonds. The molecule has 4 nitrogen and oxygen atoms in total. The van der Waals surface area contributed by atoms with E-state index in [1.54, 1.807) is 0 Å². The Morgan fingerprint density at radius 2 is 2.31 bits per heavy atom. The molecule has 0 heterocycles. The van der Waals surface area contributed by atoms with Gasteiger partial charge in [0.15, 0.2) is 0 Å². The lowest BCUT2D eigenvalue weighted by atomic mass is 10.2. The Morgan fingerprint density at radius 3 is 2.85 bits per heavy atom. The van der Waals surface area contributed by atoms with Gasteiger partial charge in [0.25, 0.3) is 0 Å². The highest BCUT2D eigenvalue weighted by atomic mass is 16.1. The molecule has 0 aromatic heterocycles. The van der Waals surface area contributed by atoms with Crippen LogP contribution in [0.4, 0.5) is 0 Å². The summed E-state index contributed by atoms with van der Waals surface area (Å²) in [6.45, 7) is 5.13. The van der Waals surface area contributed by atoms with Crippen LogP contribution in [0.1, 0.15) is 26.7 Å². The molecule has 0 aromatic rings. The van der Waals surface area contributed by atoms with Crippen LogP contribution in [-0.2, 0) is 4.79 Å². The first kappa shape index (κ1) is 11.9. The van der Waals surface area contributed by atoms with Crippen LogP contribution in [0.2, 0.25) is 0 Å². The van der Waals surface area contributed by atoms with Gasteiger partial charge in [-0.25, -0.2) is 0 Å². The third-order valence-corrected chi connectivity index (χ3v) is 1.62. The van der Waals surface area contributed by atoms with Crippen molar-refractivity contribution in [3.05, 3.63) is 0 Å². The van der Waals surface area contributed by atoms with Gasteiger partial charge in [0.05, 0.1) is 12.5 Å². The summed E-state index contributed by atoms with van der Waals surface area (Å²) >= 11 is 0. The molecule has 4 heteroatoms. The van der Waals surface area contributed by atoms with Gasteiger partial charge < -0.3 is 10.6 Å². The molecule has 2 N–H and O–H groups in total. The Hall–Kier alpha value is -1.08. The van der Waals surface area contributed by atoms with E-state index in [1.165, 1.54) is 0 Å². The number of rotatable bonds is 6. The van der Waals surface area contributed by atoms with E-state index in [9.17, 15) is 4.79 Å². The lowest BCUT2D eigenvalue weighted by Crippen LogP contribution is -2.31. The summed E-state index contributed by atoms with van der Waals surface area (Å²) < 4.78 is 0. The summed E-state index contributed by atoms with van der Waals surface area (Å²) in [6, 6.07) is 2.23. The van der Waals surface area contributed by atoms with Crippen LogP contribution >= 0.6 is 0 Å². The molecule has 1 unspecified atom stereocenters. The summed E-state index contributed by atoms with van der Waals surface area (Å²) in [6.07, 6.45) is 0.957. The Labute approximate surface area is 79.3 Å². The van der Waals surface area contributed by atoms with Crippen molar-refractivity contribution in [3.63, 3.8) is 0 Å². The van der Waals surface area contributed by atoms with Crippen LogP contribution in [0.25, 0.3) is 0 Å². The Kier molecular flexibility index (Phi) is 6.93. The van der Waals surface area contributed by atoms with Crippen LogP contribution in [0.5, 0.6) is 0 Å². The second-order valence-electron chi connectivity index (χ2n) is 2.92. The number of hydrogen-bond donors (Lipinski definition) is 2. The molecule has 0 saturated carbocycles. The lowest BCUT2D eigenvalue weighted by Gasteiger charge is -2.09. The summed E-state index contributed by atoms with van der Waals surface area (Å²) in [7, 11) is 0.